The molecule has 4 nitrogen and oxygen atoms in total. The maximum Gasteiger partial charge on any atom is 3.00 e. The van der Waals surface area contributed by atoms with Gasteiger partial charge in [0, 0.05) is 85.2 Å². The molecule has 2 rings (SSSR count). The van der Waals surface area contributed by atoms with Crippen LogP contribution in [0.2, 0.25) is 105 Å². The number of hydrogen-bond donors (Lipinski definition) is 0. The van der Waals surface area contributed by atoms with Crippen LogP contribution in [-0.2, 0) is 51.7 Å². The van der Waals surface area contributed by atoms with Crippen molar-refractivity contribution in [3.8, 4) is 0 Å². The summed E-state index contributed by atoms with van der Waals surface area (Å²) in [5, 5.41) is 0. The first kappa shape index (κ1) is 70.5. The van der Waals surface area contributed by atoms with E-state index in [1.165, 1.54) is 25.7 Å². The van der Waals surface area contributed by atoms with Crippen LogP contribution in [0.15, 0.2) is 0 Å². The molecule has 0 atom stereocenters. The summed E-state index contributed by atoms with van der Waals surface area (Å²) in [5.74, 6) is 0. The fraction of sp³-hybridized carbons (Fsp3) is 0.727. The van der Waals surface area contributed by atoms with Crippen molar-refractivity contribution >= 4 is 48.4 Å². The standard InChI is InChI=1S/2C14H30Si3.2C4H8O.2C4H10O.Li.Y/c2*1-15(2,3)11-9-13-17(7,8)14-10-12-16(4,5)6;2*1-2-4-5-3-1;2*1-3-5-4-2;;/h2*9-14H,1-8H3;2*1-4H2;2*3-4H2,1-2H3;;/q;;;;;;+1;+3. The van der Waals surface area contributed by atoms with Gasteiger partial charge in [-0.2, -0.15) is 0 Å². The molecule has 0 unspecified atom stereocenters. The molecule has 2 heterocycles. The molecule has 2 saturated heterocycles. The van der Waals surface area contributed by atoms with Gasteiger partial charge in [-0.05, 0) is 127 Å². The van der Waals surface area contributed by atoms with Crippen LogP contribution in [-0.4, -0.2) is 101 Å². The van der Waals surface area contributed by atoms with Crippen molar-refractivity contribution in [3.05, 3.63) is 74.0 Å². The maximum atomic E-state index is 4.94. The van der Waals surface area contributed by atoms with Crippen LogP contribution in [0.1, 0.15) is 53.4 Å². The van der Waals surface area contributed by atoms with E-state index in [-0.39, 0.29) is 51.6 Å². The number of ether oxygens (including phenoxy) is 4. The molecular weight excluding hydrogens is 857 g/mol. The second-order valence-electron chi connectivity index (χ2n) is 19.4. The van der Waals surface area contributed by atoms with Crippen molar-refractivity contribution < 1.29 is 70.5 Å². The van der Waals surface area contributed by atoms with Crippen LogP contribution in [0.25, 0.3) is 0 Å². The molecule has 2 fully saturated rings. The van der Waals surface area contributed by atoms with E-state index in [1.807, 2.05) is 27.7 Å². The first-order valence-electron chi connectivity index (χ1n) is 21.1. The van der Waals surface area contributed by atoms with Crippen molar-refractivity contribution in [2.24, 2.45) is 0 Å². The van der Waals surface area contributed by atoms with E-state index in [0.29, 0.717) is 0 Å². The summed E-state index contributed by atoms with van der Waals surface area (Å²) in [4.78, 5) is 0. The van der Waals surface area contributed by atoms with Crippen molar-refractivity contribution in [2.45, 2.75) is 158 Å². The molecule has 2 aliphatic rings. The average Bonchev–Trinajstić information content (AvgIpc) is 3.76. The minimum Gasteiger partial charge on any atom is -0.382 e. The Hall–Kier alpha value is 2.84. The molecule has 12 radical (unpaired) electrons. The van der Waals surface area contributed by atoms with Gasteiger partial charge in [-0.25, -0.2) is 0 Å². The van der Waals surface area contributed by atoms with Gasteiger partial charge in [0.05, 0.1) is 16.1 Å². The van der Waals surface area contributed by atoms with Crippen LogP contribution in [0.4, 0.5) is 0 Å². The first-order valence-corrected chi connectivity index (χ1v) is 41.7. The van der Waals surface area contributed by atoms with Gasteiger partial charge < -0.3 is 18.9 Å². The van der Waals surface area contributed by atoms with Gasteiger partial charge in [-0.1, -0.05) is 105 Å². The first-order chi connectivity index (χ1) is 24.7. The van der Waals surface area contributed by atoms with Crippen molar-refractivity contribution in [3.63, 3.8) is 0 Å². The van der Waals surface area contributed by atoms with E-state index in [0.717, 1.165) is 52.9 Å². The molecule has 320 valence electrons. The van der Waals surface area contributed by atoms with Crippen molar-refractivity contribution in [1.29, 1.82) is 0 Å². The second-order valence-corrected chi connectivity index (χ2v) is 48.3. The monoisotopic (exact) mass is 953 g/mol. The largest absolute Gasteiger partial charge is 3.00 e. The molecule has 12 heteroatoms. The van der Waals surface area contributed by atoms with E-state index in [4.69, 9.17) is 18.9 Å². The fourth-order valence-corrected chi connectivity index (χ4v) is 9.93. The molecule has 0 aromatic heterocycles. The minimum atomic E-state index is -1.28. The Bertz CT molecular complexity index is 648. The molecule has 0 bridgehead atoms. The third kappa shape index (κ3) is 74.3. The molecule has 0 amide bonds. The van der Waals surface area contributed by atoms with E-state index in [9.17, 15) is 0 Å². The van der Waals surface area contributed by atoms with E-state index < -0.39 is 48.4 Å². The Morgan fingerprint density at radius 3 is 0.625 bits per heavy atom. The van der Waals surface area contributed by atoms with E-state index in [2.05, 4.69) is 179 Å². The molecule has 2 aliphatic heterocycles. The quantitative estimate of drug-likeness (QED) is 0.114. The van der Waals surface area contributed by atoms with Crippen LogP contribution >= 0.6 is 0 Å². The smallest absolute Gasteiger partial charge is 0.382 e. The Balaban J connectivity index is -0.000000147. The average molecular weight is 954 g/mol. The summed E-state index contributed by atoms with van der Waals surface area (Å²) < 4.78 is 19.6. The third-order valence-corrected chi connectivity index (χ3v) is 15.9. The summed E-state index contributed by atoms with van der Waals surface area (Å²) in [6, 6.07) is 19.5. The van der Waals surface area contributed by atoms with Gasteiger partial charge >= 0.3 is 51.6 Å². The molecule has 0 aromatic rings. The van der Waals surface area contributed by atoms with Gasteiger partial charge in [-0.15, -0.1) is 0 Å². The fourth-order valence-electron chi connectivity index (χ4n) is 3.88. The van der Waals surface area contributed by atoms with Gasteiger partial charge in [0.2, 0.25) is 0 Å². The zero-order valence-corrected chi connectivity index (χ0v) is 50.5. The van der Waals surface area contributed by atoms with Gasteiger partial charge in [0.15, 0.2) is 0 Å². The SMILES string of the molecule is C1CCOC1.C1CCOC1.CCOCC.CCOCC.C[Si](C)(C)[CH][CH][CH][Si](C)(C)[CH][CH][CH][Si](C)(C)C.C[Si](C)(C)[CH][CH][CH][Si](C)(C)[CH][CH][CH][Si](C)(C)C.[Li+].[Y+3]. The second kappa shape index (κ2) is 41.8. The normalized spacial score (nSPS) is 14.4. The minimum absolute atomic E-state index is 0. The molecule has 0 N–H and O–H groups in total. The summed E-state index contributed by atoms with van der Waals surface area (Å²) in [5.41, 5.74) is 0. The Morgan fingerprint density at radius 1 is 0.357 bits per heavy atom. The molecule has 0 spiro atoms. The zero-order chi connectivity index (χ0) is 42.8. The molecule has 0 saturated carbocycles. The number of hydrogen-bond acceptors (Lipinski definition) is 4. The van der Waals surface area contributed by atoms with Crippen LogP contribution in [0.5, 0.6) is 0 Å². The topological polar surface area (TPSA) is 36.9 Å². The predicted molar refractivity (Wildman–Crippen MR) is 264 cm³/mol. The van der Waals surface area contributed by atoms with Crippen molar-refractivity contribution in [2.75, 3.05) is 52.9 Å². The summed E-state index contributed by atoms with van der Waals surface area (Å²) in [6.45, 7) is 53.4. The predicted octanol–water partition coefficient (Wildman–Crippen LogP) is 10.2. The van der Waals surface area contributed by atoms with Gasteiger partial charge in [0.1, 0.15) is 0 Å². The van der Waals surface area contributed by atoms with Crippen molar-refractivity contribution in [1.82, 2.24) is 0 Å². The Kier molecular flexibility index (Phi) is 52.7. The molecule has 56 heavy (non-hydrogen) atoms. The van der Waals surface area contributed by atoms with Gasteiger partial charge in [-0.3, -0.25) is 0 Å². The van der Waals surface area contributed by atoms with E-state index >= 15 is 0 Å². The zero-order valence-electron chi connectivity index (χ0n) is 41.6. The molecule has 0 aliphatic carbocycles. The van der Waals surface area contributed by atoms with Crippen LogP contribution in [0.3, 0.4) is 0 Å². The summed E-state index contributed by atoms with van der Waals surface area (Å²) >= 11 is 0. The van der Waals surface area contributed by atoms with E-state index in [1.54, 1.807) is 0 Å². The maximum absolute atomic E-state index is 4.94. The number of rotatable bonds is 20. The summed E-state index contributed by atoms with van der Waals surface area (Å²) in [7, 11) is -6.70. The van der Waals surface area contributed by atoms with Gasteiger partial charge in [0.25, 0.3) is 0 Å². The Labute approximate surface area is 400 Å². The molecular formula is C44H96LiO4Si6Y+4. The van der Waals surface area contributed by atoms with Crippen LogP contribution < -0.4 is 18.9 Å². The molecule has 0 aromatic carbocycles. The third-order valence-electron chi connectivity index (χ3n) is 6.96. The Morgan fingerprint density at radius 2 is 0.536 bits per heavy atom. The summed E-state index contributed by atoms with van der Waals surface area (Å²) in [6.07, 6.45) is 14.4. The van der Waals surface area contributed by atoms with Crippen LogP contribution in [0, 0.1) is 74.0 Å².